The number of esters is 1. The van der Waals surface area contributed by atoms with Crippen LogP contribution in [0, 0.1) is 5.82 Å². The number of carbonyl (C=O) groups is 3. The number of hydrogen-bond acceptors (Lipinski definition) is 6. The third-order valence-electron chi connectivity index (χ3n) is 3.69. The van der Waals surface area contributed by atoms with E-state index in [9.17, 15) is 18.8 Å². The predicted molar refractivity (Wildman–Crippen MR) is 111 cm³/mol. The van der Waals surface area contributed by atoms with Crippen LogP contribution in [0.4, 0.5) is 4.39 Å². The fourth-order valence-electron chi connectivity index (χ4n) is 2.17. The smallest absolute Gasteiger partial charge is 0.343 e. The molecule has 0 heterocycles. The SMILES string of the molecule is COC(=O)COc1ccc(C=NNC(=O)CCNC(=O)c2ccccc2F)cc1Br. The zero-order valence-electron chi connectivity index (χ0n) is 16.0. The van der Waals surface area contributed by atoms with Crippen LogP contribution in [-0.4, -0.2) is 44.3 Å². The number of rotatable bonds is 9. The summed E-state index contributed by atoms with van der Waals surface area (Å²) < 4.78 is 23.9. The highest BCUT2D eigenvalue weighted by molar-refractivity contribution is 9.10. The molecule has 10 heteroatoms. The van der Waals surface area contributed by atoms with Gasteiger partial charge in [0, 0.05) is 13.0 Å². The zero-order valence-corrected chi connectivity index (χ0v) is 17.6. The Morgan fingerprint density at radius 3 is 2.67 bits per heavy atom. The van der Waals surface area contributed by atoms with E-state index in [-0.39, 0.29) is 25.1 Å². The van der Waals surface area contributed by atoms with Gasteiger partial charge in [-0.15, -0.1) is 0 Å². The molecule has 0 unspecified atom stereocenters. The van der Waals surface area contributed by atoms with E-state index in [1.165, 1.54) is 31.5 Å². The standard InChI is InChI=1S/C20H19BrFN3O5/c1-29-19(27)12-30-17-7-6-13(10-15(17)21)11-24-25-18(26)8-9-23-20(28)14-4-2-3-5-16(14)22/h2-7,10-11H,8-9,12H2,1H3,(H,23,28)(H,25,26). The minimum absolute atomic E-state index is 0.0263. The maximum absolute atomic E-state index is 13.5. The van der Waals surface area contributed by atoms with Gasteiger partial charge in [0.2, 0.25) is 5.91 Å². The van der Waals surface area contributed by atoms with Crippen LogP contribution in [0.15, 0.2) is 52.0 Å². The quantitative estimate of drug-likeness (QED) is 0.326. The molecular weight excluding hydrogens is 461 g/mol. The maximum Gasteiger partial charge on any atom is 0.343 e. The summed E-state index contributed by atoms with van der Waals surface area (Å²) in [6.45, 7) is -0.182. The number of ether oxygens (including phenoxy) is 2. The molecule has 2 rings (SSSR count). The molecule has 0 saturated carbocycles. The summed E-state index contributed by atoms with van der Waals surface area (Å²) in [5.41, 5.74) is 2.92. The summed E-state index contributed by atoms with van der Waals surface area (Å²) in [5.74, 6) is -1.69. The second-order valence-corrected chi connectivity index (χ2v) is 6.69. The lowest BCUT2D eigenvalue weighted by molar-refractivity contribution is -0.142. The summed E-state index contributed by atoms with van der Waals surface area (Å²) in [5, 5.41) is 6.31. The molecule has 2 N–H and O–H groups in total. The third-order valence-corrected chi connectivity index (χ3v) is 4.31. The highest BCUT2D eigenvalue weighted by atomic mass is 79.9. The van der Waals surface area contributed by atoms with Gasteiger partial charge < -0.3 is 14.8 Å². The molecule has 158 valence electrons. The van der Waals surface area contributed by atoms with Gasteiger partial charge in [0.15, 0.2) is 6.61 Å². The Morgan fingerprint density at radius 2 is 1.97 bits per heavy atom. The summed E-state index contributed by atoms with van der Waals surface area (Å²) in [6, 6.07) is 10.6. The minimum Gasteiger partial charge on any atom is -0.481 e. The van der Waals surface area contributed by atoms with E-state index in [1.807, 2.05) is 0 Å². The first-order chi connectivity index (χ1) is 14.4. The molecule has 2 aromatic rings. The molecule has 0 aliphatic carbocycles. The van der Waals surface area contributed by atoms with Gasteiger partial charge in [0.25, 0.3) is 5.91 Å². The number of benzene rings is 2. The van der Waals surface area contributed by atoms with Crippen molar-refractivity contribution in [1.29, 1.82) is 0 Å². The fourth-order valence-corrected chi connectivity index (χ4v) is 2.69. The molecule has 30 heavy (non-hydrogen) atoms. The summed E-state index contributed by atoms with van der Waals surface area (Å²) >= 11 is 3.32. The molecule has 0 saturated heterocycles. The molecule has 0 spiro atoms. The third kappa shape index (κ3) is 7.28. The number of nitrogens with zero attached hydrogens (tertiary/aromatic N) is 1. The van der Waals surface area contributed by atoms with Crippen molar-refractivity contribution in [3.8, 4) is 5.75 Å². The Labute approximate surface area is 180 Å². The van der Waals surface area contributed by atoms with Gasteiger partial charge in [-0.1, -0.05) is 12.1 Å². The Morgan fingerprint density at radius 1 is 1.20 bits per heavy atom. The van der Waals surface area contributed by atoms with E-state index >= 15 is 0 Å². The molecule has 0 fully saturated rings. The van der Waals surface area contributed by atoms with Gasteiger partial charge >= 0.3 is 5.97 Å². The van der Waals surface area contributed by atoms with E-state index in [2.05, 4.69) is 36.5 Å². The van der Waals surface area contributed by atoms with Crippen molar-refractivity contribution in [3.05, 3.63) is 63.9 Å². The van der Waals surface area contributed by atoms with E-state index in [1.54, 1.807) is 24.3 Å². The second kappa shape index (κ2) is 11.7. The number of nitrogens with one attached hydrogen (secondary N) is 2. The van der Waals surface area contributed by atoms with Crippen LogP contribution in [0.25, 0.3) is 0 Å². The summed E-state index contributed by atoms with van der Waals surface area (Å²) in [6.07, 6.45) is 1.40. The van der Waals surface area contributed by atoms with Gasteiger partial charge in [-0.3, -0.25) is 9.59 Å². The van der Waals surface area contributed by atoms with Crippen LogP contribution >= 0.6 is 15.9 Å². The number of hydrazone groups is 1. The van der Waals surface area contributed by atoms with Crippen LogP contribution in [0.5, 0.6) is 5.75 Å². The Kier molecular flexibility index (Phi) is 8.95. The van der Waals surface area contributed by atoms with Gasteiger partial charge in [0.1, 0.15) is 11.6 Å². The minimum atomic E-state index is -0.628. The first kappa shape index (κ1) is 23.0. The van der Waals surface area contributed by atoms with E-state index in [0.29, 0.717) is 15.8 Å². The normalized spacial score (nSPS) is 10.5. The van der Waals surface area contributed by atoms with Crippen molar-refractivity contribution in [2.24, 2.45) is 5.10 Å². The van der Waals surface area contributed by atoms with Crippen molar-refractivity contribution in [1.82, 2.24) is 10.7 Å². The number of hydrogen-bond donors (Lipinski definition) is 2. The van der Waals surface area contributed by atoms with Crippen molar-refractivity contribution >= 4 is 39.9 Å². The topological polar surface area (TPSA) is 106 Å². The molecule has 8 nitrogen and oxygen atoms in total. The zero-order chi connectivity index (χ0) is 21.9. The van der Waals surface area contributed by atoms with E-state index in [0.717, 1.165) is 0 Å². The Balaban J connectivity index is 1.76. The average molecular weight is 480 g/mol. The second-order valence-electron chi connectivity index (χ2n) is 5.83. The predicted octanol–water partition coefficient (Wildman–Crippen LogP) is 2.41. The number of halogens is 2. The molecule has 0 aliphatic heterocycles. The van der Waals surface area contributed by atoms with Gasteiger partial charge in [0.05, 0.1) is 23.4 Å². The van der Waals surface area contributed by atoms with Crippen LogP contribution in [0.1, 0.15) is 22.3 Å². The maximum atomic E-state index is 13.5. The fraction of sp³-hybridized carbons (Fsp3) is 0.200. The Hall–Kier alpha value is -3.27. The van der Waals surface area contributed by atoms with Crippen molar-refractivity contribution < 1.29 is 28.2 Å². The molecular formula is C20H19BrFN3O5. The van der Waals surface area contributed by atoms with Gasteiger partial charge in [-0.2, -0.15) is 5.10 Å². The molecule has 2 aromatic carbocycles. The highest BCUT2D eigenvalue weighted by Gasteiger charge is 2.10. The molecule has 0 radical (unpaired) electrons. The monoisotopic (exact) mass is 479 g/mol. The number of amides is 2. The van der Waals surface area contributed by atoms with Crippen molar-refractivity contribution in [3.63, 3.8) is 0 Å². The van der Waals surface area contributed by atoms with Gasteiger partial charge in [-0.25, -0.2) is 14.6 Å². The average Bonchev–Trinajstić information content (AvgIpc) is 2.73. The number of methoxy groups -OCH3 is 1. The van der Waals surface area contributed by atoms with Crippen LogP contribution in [0.3, 0.4) is 0 Å². The van der Waals surface area contributed by atoms with Crippen molar-refractivity contribution in [2.45, 2.75) is 6.42 Å². The lowest BCUT2D eigenvalue weighted by Gasteiger charge is -2.07. The summed E-state index contributed by atoms with van der Waals surface area (Å²) in [7, 11) is 1.27. The molecule has 0 aromatic heterocycles. The van der Waals surface area contributed by atoms with Gasteiger partial charge in [-0.05, 0) is 51.8 Å². The first-order valence-electron chi connectivity index (χ1n) is 8.74. The van der Waals surface area contributed by atoms with Crippen molar-refractivity contribution in [2.75, 3.05) is 20.3 Å². The van der Waals surface area contributed by atoms with E-state index < -0.39 is 23.6 Å². The van der Waals surface area contributed by atoms with Crippen LogP contribution < -0.4 is 15.5 Å². The molecule has 0 bridgehead atoms. The lowest BCUT2D eigenvalue weighted by atomic mass is 10.2. The summed E-state index contributed by atoms with van der Waals surface area (Å²) in [4.78, 5) is 34.8. The van der Waals surface area contributed by atoms with E-state index in [4.69, 9.17) is 4.74 Å². The first-order valence-corrected chi connectivity index (χ1v) is 9.54. The Bertz CT molecular complexity index is 952. The number of carbonyl (C=O) groups excluding carboxylic acids is 3. The largest absolute Gasteiger partial charge is 0.481 e. The van der Waals surface area contributed by atoms with Crippen LogP contribution in [-0.2, 0) is 14.3 Å². The molecule has 0 atom stereocenters. The lowest BCUT2D eigenvalue weighted by Crippen LogP contribution is -2.29. The van der Waals surface area contributed by atoms with Crippen LogP contribution in [0.2, 0.25) is 0 Å². The molecule has 2 amide bonds. The molecule has 0 aliphatic rings. The highest BCUT2D eigenvalue weighted by Crippen LogP contribution is 2.25.